The third-order valence-electron chi connectivity index (χ3n) is 4.60. The molecule has 0 aliphatic heterocycles. The van der Waals surface area contributed by atoms with Gasteiger partial charge in [0.25, 0.3) is 0 Å². The highest BCUT2D eigenvalue weighted by Gasteiger charge is 2.11. The van der Waals surface area contributed by atoms with Crippen molar-refractivity contribution in [2.24, 2.45) is 4.99 Å². The van der Waals surface area contributed by atoms with Crippen LogP contribution in [0.4, 0.5) is 5.69 Å². The number of rotatable bonds is 6. The zero-order valence-electron chi connectivity index (χ0n) is 16.6. The Labute approximate surface area is 187 Å². The molecule has 0 atom stereocenters. The summed E-state index contributed by atoms with van der Waals surface area (Å²) in [6.45, 7) is 0.647. The topological polar surface area (TPSA) is 48.6 Å². The molecule has 0 amide bonds. The fourth-order valence-electron chi connectivity index (χ4n) is 3.11. The molecule has 0 fully saturated rings. The third kappa shape index (κ3) is 4.47. The maximum absolute atomic E-state index is 5.48. The third-order valence-corrected chi connectivity index (χ3v) is 5.99. The maximum atomic E-state index is 5.48. The highest BCUT2D eigenvalue weighted by molar-refractivity contribution is 9.10. The summed E-state index contributed by atoms with van der Waals surface area (Å²) in [4.78, 5) is 9.91. The van der Waals surface area contributed by atoms with E-state index >= 15 is 0 Å². The van der Waals surface area contributed by atoms with E-state index in [2.05, 4.69) is 43.0 Å². The zero-order valence-corrected chi connectivity index (χ0v) is 19.0. The van der Waals surface area contributed by atoms with Crippen LogP contribution >= 0.6 is 27.3 Å². The van der Waals surface area contributed by atoms with E-state index in [9.17, 15) is 0 Å². The summed E-state index contributed by atoms with van der Waals surface area (Å²) in [7, 11) is 3.29. The second-order valence-electron chi connectivity index (χ2n) is 6.51. The quantitative estimate of drug-likeness (QED) is 0.356. The smallest absolute Gasteiger partial charge is 0.190 e. The van der Waals surface area contributed by atoms with Crippen LogP contribution in [0.15, 0.2) is 81.8 Å². The zero-order chi connectivity index (χ0) is 20.9. The van der Waals surface area contributed by atoms with Gasteiger partial charge in [-0.3, -0.25) is 4.98 Å². The molecule has 0 bridgehead atoms. The molecule has 0 aliphatic rings. The minimum Gasteiger partial charge on any atom is -0.493 e. The molecule has 152 valence electrons. The summed E-state index contributed by atoms with van der Waals surface area (Å²) in [6.07, 6.45) is 3.51. The molecule has 0 N–H and O–H groups in total. The van der Waals surface area contributed by atoms with Crippen LogP contribution in [0, 0.1) is 0 Å². The number of hydrogen-bond donors (Lipinski definition) is 0. The fraction of sp³-hybridized carbons (Fsp3) is 0.130. The first-order chi connectivity index (χ1) is 14.7. The van der Waals surface area contributed by atoms with E-state index in [1.807, 2.05) is 42.5 Å². The van der Waals surface area contributed by atoms with E-state index < -0.39 is 0 Å². The minimum absolute atomic E-state index is 0.647. The Balaban J connectivity index is 1.82. The highest BCUT2D eigenvalue weighted by atomic mass is 79.9. The van der Waals surface area contributed by atoms with Gasteiger partial charge in [0.2, 0.25) is 0 Å². The van der Waals surface area contributed by atoms with Crippen molar-refractivity contribution in [1.82, 2.24) is 9.55 Å². The summed E-state index contributed by atoms with van der Waals surface area (Å²) in [5.41, 5.74) is 4.15. The van der Waals surface area contributed by atoms with E-state index in [-0.39, 0.29) is 0 Å². The number of nitrogens with zero attached hydrogens (tertiary/aromatic N) is 3. The Kier molecular flexibility index (Phi) is 6.30. The number of aromatic nitrogens is 2. The van der Waals surface area contributed by atoms with Gasteiger partial charge in [0, 0.05) is 16.0 Å². The first kappa shape index (κ1) is 20.4. The van der Waals surface area contributed by atoms with Gasteiger partial charge in [-0.1, -0.05) is 34.1 Å². The minimum atomic E-state index is 0.647. The van der Waals surface area contributed by atoms with Crippen molar-refractivity contribution in [3.63, 3.8) is 0 Å². The Morgan fingerprint density at radius 2 is 1.83 bits per heavy atom. The second-order valence-corrected chi connectivity index (χ2v) is 8.26. The first-order valence-electron chi connectivity index (χ1n) is 9.28. The van der Waals surface area contributed by atoms with Gasteiger partial charge < -0.3 is 14.0 Å². The second kappa shape index (κ2) is 9.28. The number of halogens is 1. The van der Waals surface area contributed by atoms with Crippen LogP contribution < -0.4 is 14.3 Å². The van der Waals surface area contributed by atoms with Crippen molar-refractivity contribution in [2.45, 2.75) is 6.54 Å². The van der Waals surface area contributed by atoms with Gasteiger partial charge in [0.1, 0.15) is 0 Å². The van der Waals surface area contributed by atoms with Gasteiger partial charge in [-0.25, -0.2) is 4.99 Å². The average molecular weight is 482 g/mol. The van der Waals surface area contributed by atoms with Crippen molar-refractivity contribution in [3.8, 4) is 22.8 Å². The molecule has 4 rings (SSSR count). The molecule has 0 aliphatic carbocycles. The highest BCUT2D eigenvalue weighted by Crippen LogP contribution is 2.29. The number of pyridine rings is 1. The van der Waals surface area contributed by atoms with Crippen molar-refractivity contribution in [1.29, 1.82) is 0 Å². The summed E-state index contributed by atoms with van der Waals surface area (Å²) in [5.74, 6) is 1.42. The van der Waals surface area contributed by atoms with Crippen molar-refractivity contribution < 1.29 is 9.47 Å². The van der Waals surface area contributed by atoms with Crippen molar-refractivity contribution in [3.05, 3.63) is 87.2 Å². The molecule has 2 aromatic heterocycles. The van der Waals surface area contributed by atoms with E-state index in [0.29, 0.717) is 18.0 Å². The molecular weight excluding hydrogens is 462 g/mol. The van der Waals surface area contributed by atoms with E-state index in [1.54, 1.807) is 38.0 Å². The normalized spacial score (nSPS) is 11.5. The Morgan fingerprint density at radius 3 is 2.53 bits per heavy atom. The summed E-state index contributed by atoms with van der Waals surface area (Å²) in [5, 5.41) is 2.14. The molecule has 2 heterocycles. The lowest BCUT2D eigenvalue weighted by Gasteiger charge is -2.12. The molecule has 0 saturated carbocycles. The fourth-order valence-corrected chi connectivity index (χ4v) is 4.31. The summed E-state index contributed by atoms with van der Waals surface area (Å²) >= 11 is 5.12. The molecule has 7 heteroatoms. The molecule has 2 aromatic carbocycles. The predicted molar refractivity (Wildman–Crippen MR) is 124 cm³/mol. The van der Waals surface area contributed by atoms with Crippen LogP contribution in [-0.4, -0.2) is 23.8 Å². The lowest BCUT2D eigenvalue weighted by atomic mass is 10.1. The standard InChI is InChI=1S/C23H20BrN3O2S/c1-28-21-10-5-16(12-22(21)29-2)14-27-20(17-6-8-18(24)9-7-17)15-30-23(27)26-19-4-3-11-25-13-19/h3-13,15H,14H2,1-2H3. The lowest BCUT2D eigenvalue weighted by molar-refractivity contribution is 0.354. The lowest BCUT2D eigenvalue weighted by Crippen LogP contribution is -2.16. The Hall–Kier alpha value is -2.90. The summed E-state index contributed by atoms with van der Waals surface area (Å²) in [6, 6.07) is 18.1. The van der Waals surface area contributed by atoms with Crippen LogP contribution in [0.3, 0.4) is 0 Å². The predicted octanol–water partition coefficient (Wildman–Crippen LogP) is 5.67. The average Bonchev–Trinajstić information content (AvgIpc) is 3.16. The van der Waals surface area contributed by atoms with Gasteiger partial charge in [0.05, 0.1) is 38.3 Å². The maximum Gasteiger partial charge on any atom is 0.190 e. The van der Waals surface area contributed by atoms with Gasteiger partial charge in [-0.05, 0) is 47.5 Å². The van der Waals surface area contributed by atoms with Gasteiger partial charge >= 0.3 is 0 Å². The monoisotopic (exact) mass is 481 g/mol. The molecule has 0 radical (unpaired) electrons. The first-order valence-corrected chi connectivity index (χ1v) is 10.9. The Bertz CT molecular complexity index is 1200. The van der Waals surface area contributed by atoms with E-state index in [1.165, 1.54) is 0 Å². The van der Waals surface area contributed by atoms with Crippen molar-refractivity contribution >= 4 is 33.0 Å². The van der Waals surface area contributed by atoms with Crippen LogP contribution in [0.1, 0.15) is 5.56 Å². The molecular formula is C23H20BrN3O2S. The summed E-state index contributed by atoms with van der Waals surface area (Å²) < 4.78 is 14.1. The van der Waals surface area contributed by atoms with Crippen LogP contribution in [0.5, 0.6) is 11.5 Å². The van der Waals surface area contributed by atoms with Gasteiger partial charge in [-0.2, -0.15) is 0 Å². The molecule has 30 heavy (non-hydrogen) atoms. The number of ether oxygens (including phenoxy) is 2. The molecule has 0 spiro atoms. The van der Waals surface area contributed by atoms with Crippen LogP contribution in [0.2, 0.25) is 0 Å². The molecule has 0 unspecified atom stereocenters. The number of benzene rings is 2. The molecule has 4 aromatic rings. The van der Waals surface area contributed by atoms with Gasteiger partial charge in [0.15, 0.2) is 16.3 Å². The Morgan fingerprint density at radius 1 is 1.03 bits per heavy atom. The number of hydrogen-bond acceptors (Lipinski definition) is 5. The van der Waals surface area contributed by atoms with Crippen LogP contribution in [0.25, 0.3) is 11.3 Å². The number of thiazole rings is 1. The number of methoxy groups -OCH3 is 2. The van der Waals surface area contributed by atoms with Gasteiger partial charge in [-0.15, -0.1) is 11.3 Å². The van der Waals surface area contributed by atoms with Crippen LogP contribution in [-0.2, 0) is 6.54 Å². The molecule has 0 saturated heterocycles. The largest absolute Gasteiger partial charge is 0.493 e. The van der Waals surface area contributed by atoms with E-state index in [4.69, 9.17) is 14.5 Å². The SMILES string of the molecule is COc1ccc(Cn2c(-c3ccc(Br)cc3)csc2=Nc2cccnc2)cc1OC. The molecule has 5 nitrogen and oxygen atoms in total. The van der Waals surface area contributed by atoms with Crippen molar-refractivity contribution in [2.75, 3.05) is 14.2 Å². The van der Waals surface area contributed by atoms with E-state index in [0.717, 1.165) is 31.8 Å².